The zero-order valence-electron chi connectivity index (χ0n) is 26.9. The maximum Gasteiger partial charge on any atom is 0.119 e. The number of thiophene rings is 2. The van der Waals surface area contributed by atoms with Gasteiger partial charge in [-0.1, -0.05) is 90.9 Å². The average Bonchev–Trinajstić information content (AvgIpc) is 3.66. The Hall–Kier alpha value is -2.82. The minimum absolute atomic E-state index is 0.811. The predicted molar refractivity (Wildman–Crippen MR) is 195 cm³/mol. The van der Waals surface area contributed by atoms with Crippen molar-refractivity contribution in [2.45, 2.75) is 104 Å². The molecule has 2 aromatic heterocycles. The maximum absolute atomic E-state index is 6.02. The number of benzene rings is 3. The van der Waals surface area contributed by atoms with Crippen molar-refractivity contribution in [3.8, 4) is 32.4 Å². The molecule has 0 atom stereocenters. The van der Waals surface area contributed by atoms with Crippen LogP contribution >= 0.6 is 22.7 Å². The van der Waals surface area contributed by atoms with E-state index in [9.17, 15) is 0 Å². The molecule has 0 bridgehead atoms. The SMILES string of the molecule is CCCCCCCCCOc1ccc(-c2cc3cc4sc(-c5ccc(OCCCCCCCCC)cc5)cc4cc3s2)cc1. The number of hydrogen-bond acceptors (Lipinski definition) is 4. The van der Waals surface area contributed by atoms with Gasteiger partial charge in [0.05, 0.1) is 13.2 Å². The number of rotatable bonds is 20. The molecule has 234 valence electrons. The van der Waals surface area contributed by atoms with Crippen molar-refractivity contribution in [3.63, 3.8) is 0 Å². The first-order valence-electron chi connectivity index (χ1n) is 17.2. The van der Waals surface area contributed by atoms with Crippen LogP contribution in [-0.4, -0.2) is 13.2 Å². The number of unbranched alkanes of at least 4 members (excludes halogenated alkanes) is 12. The summed E-state index contributed by atoms with van der Waals surface area (Å²) in [6, 6.07) is 26.7. The molecule has 0 spiro atoms. The van der Waals surface area contributed by atoms with Gasteiger partial charge < -0.3 is 9.47 Å². The highest BCUT2D eigenvalue weighted by atomic mass is 32.1. The van der Waals surface area contributed by atoms with E-state index in [0.29, 0.717) is 0 Å². The number of fused-ring (bicyclic) bond motifs is 2. The summed E-state index contributed by atoms with van der Waals surface area (Å²) in [5.41, 5.74) is 2.51. The van der Waals surface area contributed by atoms with E-state index in [1.807, 2.05) is 22.7 Å². The van der Waals surface area contributed by atoms with Gasteiger partial charge in [-0.15, -0.1) is 22.7 Å². The van der Waals surface area contributed by atoms with Gasteiger partial charge in [-0.2, -0.15) is 0 Å². The minimum Gasteiger partial charge on any atom is -0.494 e. The zero-order chi connectivity index (χ0) is 30.4. The summed E-state index contributed by atoms with van der Waals surface area (Å²) in [5, 5.41) is 2.64. The topological polar surface area (TPSA) is 18.5 Å². The van der Waals surface area contributed by atoms with Gasteiger partial charge >= 0.3 is 0 Å². The molecule has 2 heterocycles. The molecule has 44 heavy (non-hydrogen) atoms. The standard InChI is InChI=1S/C40H50O2S2/c1-3-5-7-9-11-13-15-25-41-35-21-17-31(18-22-35)37-27-33-29-40-34(30-39(33)43-37)28-38(44-40)32-19-23-36(24-20-32)42-26-16-14-12-10-8-6-4-2/h17-24,27-30H,3-16,25-26H2,1-2H3. The summed E-state index contributed by atoms with van der Waals surface area (Å²) in [7, 11) is 0. The molecule has 0 aliphatic carbocycles. The molecule has 0 N–H and O–H groups in total. The Morgan fingerprint density at radius 3 is 1.18 bits per heavy atom. The summed E-state index contributed by atoms with van der Waals surface area (Å²) in [5.74, 6) is 1.95. The smallest absolute Gasteiger partial charge is 0.119 e. The number of hydrogen-bond donors (Lipinski definition) is 0. The Morgan fingerprint density at radius 1 is 0.432 bits per heavy atom. The van der Waals surface area contributed by atoms with E-state index in [4.69, 9.17) is 9.47 Å². The highest BCUT2D eigenvalue weighted by Crippen LogP contribution is 2.40. The lowest BCUT2D eigenvalue weighted by atomic mass is 10.1. The number of ether oxygens (including phenoxy) is 2. The second-order valence-corrected chi connectivity index (χ2v) is 14.3. The minimum atomic E-state index is 0.811. The van der Waals surface area contributed by atoms with Crippen LogP contribution in [0.4, 0.5) is 0 Å². The quantitative estimate of drug-likeness (QED) is 0.0800. The van der Waals surface area contributed by atoms with Gasteiger partial charge in [0.1, 0.15) is 11.5 Å². The second kappa shape index (κ2) is 17.6. The third-order valence-electron chi connectivity index (χ3n) is 8.47. The van der Waals surface area contributed by atoms with Crippen molar-refractivity contribution in [3.05, 3.63) is 72.8 Å². The first kappa shape index (κ1) is 32.6. The van der Waals surface area contributed by atoms with E-state index in [2.05, 4.69) is 86.6 Å². The maximum atomic E-state index is 6.02. The molecule has 0 aliphatic heterocycles. The van der Waals surface area contributed by atoms with E-state index in [1.165, 1.54) is 118 Å². The van der Waals surface area contributed by atoms with E-state index in [0.717, 1.165) is 37.6 Å². The molecular weight excluding hydrogens is 577 g/mol. The molecular formula is C40H50O2S2. The van der Waals surface area contributed by atoms with Crippen molar-refractivity contribution in [2.75, 3.05) is 13.2 Å². The first-order chi connectivity index (χ1) is 21.7. The molecule has 0 unspecified atom stereocenters. The lowest BCUT2D eigenvalue weighted by Gasteiger charge is -2.07. The van der Waals surface area contributed by atoms with Crippen LogP contribution in [0.25, 0.3) is 41.1 Å². The fourth-order valence-corrected chi connectivity index (χ4v) is 7.98. The van der Waals surface area contributed by atoms with Crippen LogP contribution in [0.3, 0.4) is 0 Å². The predicted octanol–water partition coefficient (Wildman–Crippen LogP) is 13.7. The van der Waals surface area contributed by atoms with Crippen LogP contribution in [0.15, 0.2) is 72.8 Å². The highest BCUT2D eigenvalue weighted by molar-refractivity contribution is 7.23. The molecule has 5 aromatic rings. The lowest BCUT2D eigenvalue weighted by molar-refractivity contribution is 0.304. The van der Waals surface area contributed by atoms with Crippen molar-refractivity contribution >= 4 is 42.8 Å². The van der Waals surface area contributed by atoms with Crippen molar-refractivity contribution in [1.82, 2.24) is 0 Å². The largest absolute Gasteiger partial charge is 0.494 e. The molecule has 0 fully saturated rings. The van der Waals surface area contributed by atoms with Gasteiger partial charge in [-0.3, -0.25) is 0 Å². The van der Waals surface area contributed by atoms with Gasteiger partial charge in [-0.25, -0.2) is 0 Å². The monoisotopic (exact) mass is 626 g/mol. The second-order valence-electron chi connectivity index (χ2n) is 12.1. The van der Waals surface area contributed by atoms with Crippen LogP contribution in [0.5, 0.6) is 11.5 Å². The fourth-order valence-electron chi connectivity index (χ4n) is 5.79. The Balaban J connectivity index is 1.12. The van der Waals surface area contributed by atoms with Crippen LogP contribution in [0, 0.1) is 0 Å². The summed E-state index contributed by atoms with van der Waals surface area (Å²) < 4.78 is 14.7. The van der Waals surface area contributed by atoms with Crippen molar-refractivity contribution in [2.24, 2.45) is 0 Å². The lowest BCUT2D eigenvalue weighted by Crippen LogP contribution is -1.97. The third kappa shape index (κ3) is 9.59. The van der Waals surface area contributed by atoms with Gasteiger partial charge in [0.15, 0.2) is 0 Å². The van der Waals surface area contributed by atoms with E-state index < -0.39 is 0 Å². The Kier molecular flexibility index (Phi) is 13.0. The average molecular weight is 627 g/mol. The summed E-state index contributed by atoms with van der Waals surface area (Å²) in [6.45, 7) is 6.16. The van der Waals surface area contributed by atoms with Crippen LogP contribution < -0.4 is 9.47 Å². The zero-order valence-corrected chi connectivity index (χ0v) is 28.5. The van der Waals surface area contributed by atoms with Gasteiger partial charge in [0.25, 0.3) is 0 Å². The molecule has 0 aliphatic rings. The summed E-state index contributed by atoms with van der Waals surface area (Å²) >= 11 is 3.75. The molecule has 3 aromatic carbocycles. The summed E-state index contributed by atoms with van der Waals surface area (Å²) in [4.78, 5) is 2.62. The normalized spacial score (nSPS) is 11.5. The Morgan fingerprint density at radius 2 is 0.795 bits per heavy atom. The molecule has 2 nitrogen and oxygen atoms in total. The van der Waals surface area contributed by atoms with Crippen LogP contribution in [0.1, 0.15) is 104 Å². The molecule has 0 radical (unpaired) electrons. The van der Waals surface area contributed by atoms with Gasteiger partial charge in [-0.05, 0) is 108 Å². The van der Waals surface area contributed by atoms with Crippen molar-refractivity contribution in [1.29, 1.82) is 0 Å². The Bertz CT molecular complexity index is 1360. The van der Waals surface area contributed by atoms with Gasteiger partial charge in [0.2, 0.25) is 0 Å². The third-order valence-corrected chi connectivity index (χ3v) is 10.8. The van der Waals surface area contributed by atoms with Crippen molar-refractivity contribution < 1.29 is 9.47 Å². The van der Waals surface area contributed by atoms with E-state index >= 15 is 0 Å². The Labute approximate surface area is 273 Å². The molecule has 0 amide bonds. The van der Waals surface area contributed by atoms with Gasteiger partial charge in [0, 0.05) is 19.2 Å². The highest BCUT2D eigenvalue weighted by Gasteiger charge is 2.10. The van der Waals surface area contributed by atoms with Crippen LogP contribution in [-0.2, 0) is 0 Å². The fraction of sp³-hybridized carbons (Fsp3) is 0.450. The summed E-state index contributed by atoms with van der Waals surface area (Å²) in [6.07, 6.45) is 18.3. The first-order valence-corrected chi connectivity index (χ1v) is 18.8. The molecule has 4 heteroatoms. The molecule has 0 saturated heterocycles. The van der Waals surface area contributed by atoms with Crippen LogP contribution in [0.2, 0.25) is 0 Å². The molecule has 0 saturated carbocycles. The van der Waals surface area contributed by atoms with E-state index in [-0.39, 0.29) is 0 Å². The molecule has 5 rings (SSSR count). The van der Waals surface area contributed by atoms with E-state index in [1.54, 1.807) is 0 Å².